The van der Waals surface area contributed by atoms with Crippen molar-refractivity contribution in [3.8, 4) is 11.3 Å². The van der Waals surface area contributed by atoms with Gasteiger partial charge in [0.05, 0.1) is 23.9 Å². The summed E-state index contributed by atoms with van der Waals surface area (Å²) in [5.41, 5.74) is 0.828. The molecule has 1 atom stereocenters. The minimum absolute atomic E-state index is 0.197. The Morgan fingerprint density at radius 3 is 2.64 bits per heavy atom. The molecule has 1 fully saturated rings. The van der Waals surface area contributed by atoms with Crippen LogP contribution in [0.5, 0.6) is 0 Å². The molecule has 1 amide bonds. The van der Waals surface area contributed by atoms with Crippen LogP contribution in [0.15, 0.2) is 30.5 Å². The molecule has 1 aromatic carbocycles. The number of aromatic amines is 1. The van der Waals surface area contributed by atoms with E-state index in [0.29, 0.717) is 12.2 Å². The fourth-order valence-corrected chi connectivity index (χ4v) is 2.94. The van der Waals surface area contributed by atoms with Crippen LogP contribution < -0.4 is 5.32 Å². The highest BCUT2D eigenvalue weighted by molar-refractivity contribution is 6.53. The van der Waals surface area contributed by atoms with E-state index in [1.54, 1.807) is 25.3 Å². The van der Waals surface area contributed by atoms with E-state index in [1.165, 1.54) is 12.1 Å². The summed E-state index contributed by atoms with van der Waals surface area (Å²) in [6.07, 6.45) is 2.08. The van der Waals surface area contributed by atoms with Crippen LogP contribution in [-0.4, -0.2) is 20.2 Å². The average Bonchev–Trinajstić information content (AvgIpc) is 2.84. The van der Waals surface area contributed by atoms with E-state index in [1.807, 2.05) is 0 Å². The first-order valence-corrected chi connectivity index (χ1v) is 7.53. The lowest BCUT2D eigenvalue weighted by atomic mass is 10.1. The van der Waals surface area contributed by atoms with Gasteiger partial charge in [-0.05, 0) is 43.2 Å². The molecule has 1 aliphatic carbocycles. The molecule has 4 nitrogen and oxygen atoms in total. The second-order valence-corrected chi connectivity index (χ2v) is 7.13. The number of carbonyl (C=O) groups is 1. The number of hydrogen-bond acceptors (Lipinski definition) is 2. The topological polar surface area (TPSA) is 57.8 Å². The van der Waals surface area contributed by atoms with Crippen LogP contribution in [0.1, 0.15) is 19.2 Å². The van der Waals surface area contributed by atoms with Gasteiger partial charge in [0.1, 0.15) is 16.0 Å². The summed E-state index contributed by atoms with van der Waals surface area (Å²) >= 11 is 11.9. The van der Waals surface area contributed by atoms with Gasteiger partial charge in [-0.2, -0.15) is 0 Å². The Morgan fingerprint density at radius 1 is 1.41 bits per heavy atom. The number of nitrogens with zero attached hydrogens (tertiary/aromatic N) is 1. The second-order valence-electron chi connectivity index (χ2n) is 5.65. The predicted molar refractivity (Wildman–Crippen MR) is 83.0 cm³/mol. The zero-order valence-corrected chi connectivity index (χ0v) is 13.3. The maximum absolute atomic E-state index is 12.9. The average molecular weight is 342 g/mol. The number of imidazole rings is 1. The predicted octanol–water partition coefficient (Wildman–Crippen LogP) is 3.42. The lowest BCUT2D eigenvalue weighted by Crippen LogP contribution is -2.33. The van der Waals surface area contributed by atoms with Crippen molar-refractivity contribution >= 4 is 29.1 Å². The molecule has 116 valence electrons. The first-order valence-electron chi connectivity index (χ1n) is 6.78. The monoisotopic (exact) mass is 341 g/mol. The Balaban J connectivity index is 1.63. The van der Waals surface area contributed by atoms with Crippen LogP contribution in [0.25, 0.3) is 11.3 Å². The molecule has 1 aromatic heterocycles. The van der Waals surface area contributed by atoms with E-state index in [2.05, 4.69) is 15.3 Å². The number of hydrogen-bond donors (Lipinski definition) is 2. The molecule has 7 heteroatoms. The molecule has 0 bridgehead atoms. The fraction of sp³-hybridized carbons (Fsp3) is 0.333. The van der Waals surface area contributed by atoms with Gasteiger partial charge in [0, 0.05) is 0 Å². The van der Waals surface area contributed by atoms with Crippen LogP contribution in [-0.2, 0) is 11.3 Å². The zero-order valence-electron chi connectivity index (χ0n) is 11.8. The lowest BCUT2D eigenvalue weighted by Gasteiger charge is -2.11. The summed E-state index contributed by atoms with van der Waals surface area (Å²) in [4.78, 5) is 19.3. The second kappa shape index (κ2) is 5.25. The maximum atomic E-state index is 12.9. The molecular formula is C15H14Cl2FN3O. The van der Waals surface area contributed by atoms with Gasteiger partial charge in [0.25, 0.3) is 0 Å². The fourth-order valence-electron chi connectivity index (χ4n) is 2.23. The molecule has 1 saturated carbocycles. The molecule has 22 heavy (non-hydrogen) atoms. The van der Waals surface area contributed by atoms with Crippen molar-refractivity contribution in [1.82, 2.24) is 15.3 Å². The first kappa shape index (κ1) is 15.3. The number of benzene rings is 1. The van der Waals surface area contributed by atoms with Crippen molar-refractivity contribution in [2.75, 3.05) is 0 Å². The molecule has 0 spiro atoms. The van der Waals surface area contributed by atoms with Gasteiger partial charge in [0.15, 0.2) is 0 Å². The number of aromatic nitrogens is 2. The number of halogens is 3. The third-order valence-corrected chi connectivity index (χ3v) is 5.06. The molecule has 0 unspecified atom stereocenters. The smallest absolute Gasteiger partial charge is 0.229 e. The van der Waals surface area contributed by atoms with Crippen LogP contribution >= 0.6 is 23.2 Å². The molecule has 1 heterocycles. The van der Waals surface area contributed by atoms with E-state index < -0.39 is 9.75 Å². The summed E-state index contributed by atoms with van der Waals surface area (Å²) in [5, 5.41) is 2.77. The minimum Gasteiger partial charge on any atom is -0.348 e. The third-order valence-electron chi connectivity index (χ3n) is 3.96. The number of amides is 1. The number of rotatable bonds is 4. The highest BCUT2D eigenvalue weighted by atomic mass is 35.5. The number of H-pyrrole nitrogens is 1. The van der Waals surface area contributed by atoms with Crippen LogP contribution in [0.2, 0.25) is 0 Å². The van der Waals surface area contributed by atoms with Gasteiger partial charge in [-0.1, -0.05) is 0 Å². The SMILES string of the molecule is C[C@]1(C(=O)NCc2ncc(-c3ccc(F)cc3)[nH]2)CC1(Cl)Cl. The molecule has 2 N–H and O–H groups in total. The van der Waals surface area contributed by atoms with Gasteiger partial charge in [-0.3, -0.25) is 4.79 Å². The summed E-state index contributed by atoms with van der Waals surface area (Å²) in [7, 11) is 0. The first-order chi connectivity index (χ1) is 10.3. The molecule has 3 rings (SSSR count). The van der Waals surface area contributed by atoms with Crippen molar-refractivity contribution in [2.45, 2.75) is 24.2 Å². The molecule has 2 aromatic rings. The number of alkyl halides is 2. The quantitative estimate of drug-likeness (QED) is 0.837. The normalized spacial score (nSPS) is 22.4. The largest absolute Gasteiger partial charge is 0.348 e. The van der Waals surface area contributed by atoms with Crippen LogP contribution in [0.3, 0.4) is 0 Å². The van der Waals surface area contributed by atoms with Gasteiger partial charge in [0.2, 0.25) is 5.91 Å². The van der Waals surface area contributed by atoms with Crippen molar-refractivity contribution in [1.29, 1.82) is 0 Å². The summed E-state index contributed by atoms with van der Waals surface area (Å²) in [6, 6.07) is 6.08. The molecule has 0 radical (unpaired) electrons. The van der Waals surface area contributed by atoms with E-state index in [4.69, 9.17) is 23.2 Å². The van der Waals surface area contributed by atoms with E-state index in [-0.39, 0.29) is 18.3 Å². The molecular weight excluding hydrogens is 328 g/mol. The Hall–Kier alpha value is -1.59. The van der Waals surface area contributed by atoms with E-state index in [0.717, 1.165) is 11.3 Å². The van der Waals surface area contributed by atoms with Crippen LogP contribution in [0.4, 0.5) is 4.39 Å². The Bertz CT molecular complexity index is 714. The van der Waals surface area contributed by atoms with E-state index >= 15 is 0 Å². The molecule has 1 aliphatic rings. The highest BCUT2D eigenvalue weighted by Crippen LogP contribution is 2.63. The van der Waals surface area contributed by atoms with Gasteiger partial charge < -0.3 is 10.3 Å². The number of carbonyl (C=O) groups excluding carboxylic acids is 1. The van der Waals surface area contributed by atoms with Crippen molar-refractivity contribution in [3.63, 3.8) is 0 Å². The van der Waals surface area contributed by atoms with Gasteiger partial charge >= 0.3 is 0 Å². The summed E-state index contributed by atoms with van der Waals surface area (Å²) in [5.74, 6) is 0.114. The van der Waals surface area contributed by atoms with Crippen molar-refractivity contribution in [2.24, 2.45) is 5.41 Å². The molecule has 0 aliphatic heterocycles. The van der Waals surface area contributed by atoms with Crippen LogP contribution in [0, 0.1) is 11.2 Å². The highest BCUT2D eigenvalue weighted by Gasteiger charge is 2.67. The summed E-state index contributed by atoms with van der Waals surface area (Å²) < 4.78 is 11.9. The standard InChI is InChI=1S/C15H14Cl2FN3O/c1-14(8-15(14,16)17)13(22)20-7-12-19-6-11(21-12)9-2-4-10(18)5-3-9/h2-6H,7-8H2,1H3,(H,19,21)(H,20,22)/t14-/m1/s1. The Kier molecular flexibility index (Phi) is 3.65. The van der Waals surface area contributed by atoms with E-state index in [9.17, 15) is 9.18 Å². The van der Waals surface area contributed by atoms with Gasteiger partial charge in [-0.25, -0.2) is 9.37 Å². The zero-order chi connectivity index (χ0) is 16.0. The Morgan fingerprint density at radius 2 is 2.05 bits per heavy atom. The third kappa shape index (κ3) is 2.71. The molecule has 0 saturated heterocycles. The van der Waals surface area contributed by atoms with Gasteiger partial charge in [-0.15, -0.1) is 23.2 Å². The number of nitrogens with one attached hydrogen (secondary N) is 2. The van der Waals surface area contributed by atoms with Crippen molar-refractivity contribution < 1.29 is 9.18 Å². The summed E-state index contributed by atoms with van der Waals surface area (Å²) in [6.45, 7) is 1.98. The minimum atomic E-state index is -0.987. The lowest BCUT2D eigenvalue weighted by molar-refractivity contribution is -0.126. The maximum Gasteiger partial charge on any atom is 0.229 e. The Labute approximate surface area is 137 Å². The van der Waals surface area contributed by atoms with Crippen molar-refractivity contribution in [3.05, 3.63) is 42.1 Å².